The van der Waals surface area contributed by atoms with Crippen LogP contribution in [0.3, 0.4) is 0 Å². The lowest BCUT2D eigenvalue weighted by Gasteiger charge is -2.33. The fourth-order valence-electron chi connectivity index (χ4n) is 6.93. The third kappa shape index (κ3) is 5.82. The number of hydrogen-bond acceptors (Lipinski definition) is 3. The summed E-state index contributed by atoms with van der Waals surface area (Å²) < 4.78 is 8.77. The zero-order valence-corrected chi connectivity index (χ0v) is 25.8. The first kappa shape index (κ1) is 28.8. The average molecular weight is 548 g/mol. The Hall–Kier alpha value is -2.76. The molecule has 2 saturated carbocycles. The van der Waals surface area contributed by atoms with Gasteiger partial charge in [0.05, 0.1) is 17.7 Å². The number of carbonyl (C=O) groups excluding carboxylic acids is 2. The highest BCUT2D eigenvalue weighted by molar-refractivity contribution is 5.97. The molecule has 0 unspecified atom stereocenters. The third-order valence-electron chi connectivity index (χ3n) is 9.43. The van der Waals surface area contributed by atoms with Gasteiger partial charge < -0.3 is 19.9 Å². The maximum atomic E-state index is 13.6. The maximum absolute atomic E-state index is 13.6. The van der Waals surface area contributed by atoms with E-state index in [-0.39, 0.29) is 22.6 Å². The highest BCUT2D eigenvalue weighted by atomic mass is 16.5. The van der Waals surface area contributed by atoms with Crippen molar-refractivity contribution in [3.63, 3.8) is 0 Å². The first-order valence-electron chi connectivity index (χ1n) is 15.4. The monoisotopic (exact) mass is 547 g/mol. The summed E-state index contributed by atoms with van der Waals surface area (Å²) in [6.07, 6.45) is 9.96. The topological polar surface area (TPSA) is 72.4 Å². The molecule has 1 aromatic heterocycles. The zero-order chi connectivity index (χ0) is 28.9. The molecule has 6 nitrogen and oxygen atoms in total. The fourth-order valence-corrected chi connectivity index (χ4v) is 6.93. The molecular weight excluding hydrogens is 498 g/mol. The molecule has 1 aromatic carbocycles. The van der Waals surface area contributed by atoms with Gasteiger partial charge in [-0.25, -0.2) is 0 Å². The number of carbonyl (C=O) groups is 2. The Morgan fingerprint density at radius 3 is 2.35 bits per heavy atom. The smallest absolute Gasteiger partial charge is 0.253 e. The van der Waals surface area contributed by atoms with Gasteiger partial charge in [0, 0.05) is 47.9 Å². The molecule has 2 N–H and O–H groups in total. The standard InChI is InChI=1S/C34H49N3O3/c1-22-26(31(39)35-21-33(6,7)36-23(2)38)19-29(37(22)20-24-11-9-8-10-12-24)25-17-27(32(3,4)5)30-28(18-25)34(13-14-34)15-16-40-30/h17-19,24H,8-16,20-21H2,1-7H3,(H,35,39)(H,36,38). The zero-order valence-electron chi connectivity index (χ0n) is 25.8. The fraction of sp³-hybridized carbons (Fsp3) is 0.647. The predicted molar refractivity (Wildman–Crippen MR) is 161 cm³/mol. The Bertz CT molecular complexity index is 1270. The summed E-state index contributed by atoms with van der Waals surface area (Å²) in [7, 11) is 0. The summed E-state index contributed by atoms with van der Waals surface area (Å²) in [4.78, 5) is 25.2. The molecule has 0 bridgehead atoms. The molecule has 6 heteroatoms. The Labute approximate surface area is 240 Å². The van der Waals surface area contributed by atoms with E-state index in [9.17, 15) is 9.59 Å². The van der Waals surface area contributed by atoms with E-state index in [1.807, 2.05) is 13.8 Å². The molecule has 3 aliphatic rings. The van der Waals surface area contributed by atoms with Gasteiger partial charge in [-0.2, -0.15) is 0 Å². The van der Waals surface area contributed by atoms with Gasteiger partial charge in [-0.05, 0) is 88.0 Å². The van der Waals surface area contributed by atoms with Crippen molar-refractivity contribution in [1.29, 1.82) is 0 Å². The third-order valence-corrected chi connectivity index (χ3v) is 9.43. The number of benzene rings is 1. The van der Waals surface area contributed by atoms with Crippen LogP contribution in [0.2, 0.25) is 0 Å². The van der Waals surface area contributed by atoms with Crippen LogP contribution in [0.1, 0.15) is 120 Å². The molecule has 1 aliphatic heterocycles. The van der Waals surface area contributed by atoms with E-state index in [2.05, 4.69) is 61.1 Å². The minimum absolute atomic E-state index is 0.0567. The van der Waals surface area contributed by atoms with Gasteiger partial charge in [0.2, 0.25) is 5.91 Å². The van der Waals surface area contributed by atoms with Crippen molar-refractivity contribution in [1.82, 2.24) is 15.2 Å². The first-order chi connectivity index (χ1) is 18.8. The Morgan fingerprint density at radius 2 is 1.73 bits per heavy atom. The Kier molecular flexibility index (Phi) is 7.60. The van der Waals surface area contributed by atoms with E-state index in [0.717, 1.165) is 42.3 Å². The van der Waals surface area contributed by atoms with Crippen molar-refractivity contribution >= 4 is 11.8 Å². The van der Waals surface area contributed by atoms with Crippen LogP contribution in [0.4, 0.5) is 0 Å². The molecular formula is C34H49N3O3. The van der Waals surface area contributed by atoms with E-state index < -0.39 is 5.54 Å². The van der Waals surface area contributed by atoms with Crippen LogP contribution in [0.15, 0.2) is 18.2 Å². The summed E-state index contributed by atoms with van der Waals surface area (Å²) in [5.41, 5.74) is 6.36. The lowest BCUT2D eigenvalue weighted by molar-refractivity contribution is -0.120. The van der Waals surface area contributed by atoms with Crippen LogP contribution < -0.4 is 15.4 Å². The van der Waals surface area contributed by atoms with Crippen molar-refractivity contribution in [2.45, 2.75) is 123 Å². The van der Waals surface area contributed by atoms with Crippen molar-refractivity contribution in [2.24, 2.45) is 5.92 Å². The summed E-state index contributed by atoms with van der Waals surface area (Å²) in [6, 6.07) is 6.81. The molecule has 0 radical (unpaired) electrons. The van der Waals surface area contributed by atoms with Crippen LogP contribution >= 0.6 is 0 Å². The molecule has 40 heavy (non-hydrogen) atoms. The molecule has 218 valence electrons. The second-order valence-corrected chi connectivity index (χ2v) is 14.4. The molecule has 2 aromatic rings. The van der Waals surface area contributed by atoms with E-state index in [4.69, 9.17) is 4.74 Å². The lowest BCUT2D eigenvalue weighted by Crippen LogP contribution is -2.50. The highest BCUT2D eigenvalue weighted by Crippen LogP contribution is 2.58. The number of ether oxygens (including phenoxy) is 1. The lowest BCUT2D eigenvalue weighted by atomic mass is 9.79. The first-order valence-corrected chi connectivity index (χ1v) is 15.4. The molecule has 0 atom stereocenters. The van der Waals surface area contributed by atoms with E-state index >= 15 is 0 Å². The molecule has 2 amide bonds. The minimum atomic E-state index is -0.526. The van der Waals surface area contributed by atoms with Gasteiger partial charge in [0.1, 0.15) is 5.75 Å². The number of hydrogen-bond donors (Lipinski definition) is 2. The molecule has 1 spiro atoms. The SMILES string of the molecule is CC(=O)NC(C)(C)CNC(=O)c1cc(-c2cc(C(C)(C)C)c3c(c2)C2(CCO3)CC2)n(CC2CCCCC2)c1C. The molecule has 2 aliphatic carbocycles. The number of nitrogens with zero attached hydrogens (tertiary/aromatic N) is 1. The minimum Gasteiger partial charge on any atom is -0.493 e. The van der Waals surface area contributed by atoms with Gasteiger partial charge in [0.25, 0.3) is 5.91 Å². The van der Waals surface area contributed by atoms with Crippen LogP contribution in [0.5, 0.6) is 5.75 Å². The van der Waals surface area contributed by atoms with E-state index in [1.54, 1.807) is 0 Å². The largest absolute Gasteiger partial charge is 0.493 e. The van der Waals surface area contributed by atoms with E-state index in [0.29, 0.717) is 12.5 Å². The van der Waals surface area contributed by atoms with Crippen LogP contribution in [0.25, 0.3) is 11.3 Å². The van der Waals surface area contributed by atoms with Crippen LogP contribution in [0, 0.1) is 12.8 Å². The van der Waals surface area contributed by atoms with Gasteiger partial charge in [-0.1, -0.05) is 40.0 Å². The number of fused-ring (bicyclic) bond motifs is 2. The van der Waals surface area contributed by atoms with Gasteiger partial charge in [0.15, 0.2) is 0 Å². The predicted octanol–water partition coefficient (Wildman–Crippen LogP) is 6.80. The normalized spacial score (nSPS) is 18.7. The maximum Gasteiger partial charge on any atom is 0.253 e. The van der Waals surface area contributed by atoms with Gasteiger partial charge in [-0.15, -0.1) is 0 Å². The Morgan fingerprint density at radius 1 is 1.02 bits per heavy atom. The second-order valence-electron chi connectivity index (χ2n) is 14.4. The summed E-state index contributed by atoms with van der Waals surface area (Å²) in [5.74, 6) is 1.54. The van der Waals surface area contributed by atoms with Crippen molar-refractivity contribution in [3.05, 3.63) is 40.6 Å². The van der Waals surface area contributed by atoms with Crippen LogP contribution in [-0.2, 0) is 22.2 Å². The molecule has 0 saturated heterocycles. The number of nitrogens with one attached hydrogen (secondary N) is 2. The van der Waals surface area contributed by atoms with Crippen LogP contribution in [-0.4, -0.2) is 35.1 Å². The van der Waals surface area contributed by atoms with Gasteiger partial charge in [-0.3, -0.25) is 9.59 Å². The quantitative estimate of drug-likeness (QED) is 0.400. The molecule has 2 heterocycles. The molecule has 5 rings (SSSR count). The molecule has 2 fully saturated rings. The Balaban J connectivity index is 1.57. The second kappa shape index (κ2) is 10.6. The number of amides is 2. The summed E-state index contributed by atoms with van der Waals surface area (Å²) in [5, 5.41) is 6.03. The number of aromatic nitrogens is 1. The van der Waals surface area contributed by atoms with Crippen molar-refractivity contribution < 1.29 is 14.3 Å². The summed E-state index contributed by atoms with van der Waals surface area (Å²) in [6.45, 7) is 16.4. The van der Waals surface area contributed by atoms with Crippen molar-refractivity contribution in [3.8, 4) is 17.0 Å². The van der Waals surface area contributed by atoms with Gasteiger partial charge >= 0.3 is 0 Å². The average Bonchev–Trinajstić information content (AvgIpc) is 3.58. The van der Waals surface area contributed by atoms with E-state index in [1.165, 1.54) is 68.6 Å². The number of rotatable bonds is 7. The van der Waals surface area contributed by atoms with Crippen molar-refractivity contribution in [2.75, 3.05) is 13.2 Å². The summed E-state index contributed by atoms with van der Waals surface area (Å²) >= 11 is 0. The highest BCUT2D eigenvalue weighted by Gasteiger charge is 2.49.